The van der Waals surface area contributed by atoms with Crippen molar-refractivity contribution in [3.63, 3.8) is 0 Å². The number of aryl methyl sites for hydroxylation is 1. The van der Waals surface area contributed by atoms with E-state index in [0.29, 0.717) is 0 Å². The highest BCUT2D eigenvalue weighted by Crippen LogP contribution is 2.21. The lowest BCUT2D eigenvalue weighted by Crippen LogP contribution is -1.92. The maximum atomic E-state index is 10.3. The van der Waals surface area contributed by atoms with Crippen LogP contribution in [-0.4, -0.2) is 5.94 Å². The average molecular weight is 385 g/mol. The number of unbranched alkanes of at least 4 members (excludes halogenated alkanes) is 12. The van der Waals surface area contributed by atoms with E-state index in [9.17, 15) is 4.79 Å². The Hall–Kier alpha value is -1.79. The summed E-state index contributed by atoms with van der Waals surface area (Å²) in [7, 11) is 0. The van der Waals surface area contributed by atoms with Crippen molar-refractivity contribution in [1.82, 2.24) is 0 Å². The minimum absolute atomic E-state index is 0.776. The molecule has 1 aromatic carbocycles. The Bertz CT molecular complexity index is 555. The number of carbonyl (C=O) groups excluding carboxylic acids is 1. The zero-order chi connectivity index (χ0) is 20.1. The highest BCUT2D eigenvalue weighted by Gasteiger charge is 2.02. The van der Waals surface area contributed by atoms with Crippen LogP contribution in [0.3, 0.4) is 0 Å². The third-order valence-corrected chi connectivity index (χ3v) is 5.16. The second kappa shape index (κ2) is 18.6. The van der Waals surface area contributed by atoms with Crippen LogP contribution >= 0.6 is 0 Å². The lowest BCUT2D eigenvalue weighted by atomic mass is 10.0. The van der Waals surface area contributed by atoms with Gasteiger partial charge in [-0.1, -0.05) is 95.1 Å². The third kappa shape index (κ3) is 13.4. The molecular formula is C26H40O2. The van der Waals surface area contributed by atoms with Gasteiger partial charge in [-0.25, -0.2) is 4.79 Å². The van der Waals surface area contributed by atoms with E-state index in [2.05, 4.69) is 25.1 Å². The van der Waals surface area contributed by atoms with Gasteiger partial charge in [0.15, 0.2) is 12.2 Å². The standard InChI is InChI=1S/C26H40O2/c1-2-3-4-5-6-7-8-9-10-11-12-13-14-15-16-17-20-25-21-18-19-22-26(25)28-24-23-27/h9-10,18-19,21-22,24H,2-8,11-17,20H2,1H3/b10-9-. The van der Waals surface area contributed by atoms with Crippen molar-refractivity contribution < 1.29 is 9.53 Å². The van der Waals surface area contributed by atoms with Gasteiger partial charge in [0.25, 0.3) is 0 Å². The molecule has 0 aliphatic carbocycles. The molecule has 0 atom stereocenters. The predicted octanol–water partition coefficient (Wildman–Crippen LogP) is 7.99. The minimum atomic E-state index is 0.776. The Morgan fingerprint density at radius 3 is 2.00 bits per heavy atom. The van der Waals surface area contributed by atoms with Crippen molar-refractivity contribution >= 4 is 5.94 Å². The number of rotatable bonds is 18. The molecule has 2 heteroatoms. The highest BCUT2D eigenvalue weighted by atomic mass is 16.5. The van der Waals surface area contributed by atoms with E-state index < -0.39 is 0 Å². The molecule has 0 radical (unpaired) electrons. The van der Waals surface area contributed by atoms with Crippen LogP contribution in [0.4, 0.5) is 0 Å². The molecule has 0 amide bonds. The van der Waals surface area contributed by atoms with Crippen molar-refractivity contribution in [2.45, 2.75) is 103 Å². The molecular weight excluding hydrogens is 344 g/mol. The second-order valence-electron chi connectivity index (χ2n) is 7.65. The minimum Gasteiger partial charge on any atom is -0.453 e. The van der Waals surface area contributed by atoms with Crippen LogP contribution in [0.15, 0.2) is 42.7 Å². The number of para-hydroxylation sites is 1. The lowest BCUT2D eigenvalue weighted by molar-refractivity contribution is 0.469. The summed E-state index contributed by atoms with van der Waals surface area (Å²) in [5.74, 6) is 2.44. The first kappa shape index (κ1) is 24.2. The van der Waals surface area contributed by atoms with Gasteiger partial charge in [0.1, 0.15) is 5.75 Å². The molecule has 156 valence electrons. The summed E-state index contributed by atoms with van der Waals surface area (Å²) < 4.78 is 5.31. The number of hydrogen-bond acceptors (Lipinski definition) is 2. The summed E-state index contributed by atoms with van der Waals surface area (Å²) in [4.78, 5) is 10.3. The molecule has 0 unspecified atom stereocenters. The number of ether oxygens (including phenoxy) is 1. The van der Waals surface area contributed by atoms with Crippen molar-refractivity contribution in [1.29, 1.82) is 0 Å². The topological polar surface area (TPSA) is 26.3 Å². The van der Waals surface area contributed by atoms with E-state index in [-0.39, 0.29) is 0 Å². The Morgan fingerprint density at radius 1 is 0.786 bits per heavy atom. The lowest BCUT2D eigenvalue weighted by Gasteiger charge is -2.07. The molecule has 1 aromatic rings. The Morgan fingerprint density at radius 2 is 1.36 bits per heavy atom. The second-order valence-corrected chi connectivity index (χ2v) is 7.65. The van der Waals surface area contributed by atoms with Crippen molar-refractivity contribution in [3.05, 3.63) is 48.2 Å². The third-order valence-electron chi connectivity index (χ3n) is 5.16. The van der Waals surface area contributed by atoms with Crippen LogP contribution in [0.1, 0.15) is 102 Å². The largest absolute Gasteiger partial charge is 0.453 e. The van der Waals surface area contributed by atoms with Crippen molar-refractivity contribution in [2.24, 2.45) is 0 Å². The molecule has 28 heavy (non-hydrogen) atoms. The van der Waals surface area contributed by atoms with E-state index in [4.69, 9.17) is 4.74 Å². The van der Waals surface area contributed by atoms with Gasteiger partial charge in [-0.15, -0.1) is 0 Å². The Labute approximate surface area is 173 Å². The molecule has 0 aromatic heterocycles. The molecule has 0 aliphatic heterocycles. The molecule has 1 rings (SSSR count). The molecule has 0 bridgehead atoms. The molecule has 0 fully saturated rings. The first-order chi connectivity index (χ1) is 13.9. The number of allylic oxidation sites excluding steroid dienone is 2. The predicted molar refractivity (Wildman–Crippen MR) is 120 cm³/mol. The van der Waals surface area contributed by atoms with Gasteiger partial charge < -0.3 is 4.74 Å². The highest BCUT2D eigenvalue weighted by molar-refractivity contribution is 5.44. The summed E-state index contributed by atoms with van der Waals surface area (Å²) >= 11 is 0. The summed E-state index contributed by atoms with van der Waals surface area (Å²) in [5, 5.41) is 0. The number of benzene rings is 1. The van der Waals surface area contributed by atoms with E-state index in [1.807, 2.05) is 18.2 Å². The van der Waals surface area contributed by atoms with E-state index in [1.165, 1.54) is 95.5 Å². The first-order valence-electron chi connectivity index (χ1n) is 11.5. The zero-order valence-corrected chi connectivity index (χ0v) is 18.0. The van der Waals surface area contributed by atoms with Crippen LogP contribution in [-0.2, 0) is 11.2 Å². The molecule has 0 aliphatic rings. The van der Waals surface area contributed by atoms with Crippen LogP contribution in [0.5, 0.6) is 5.75 Å². The normalized spacial score (nSPS) is 10.9. The van der Waals surface area contributed by atoms with Crippen LogP contribution in [0.2, 0.25) is 0 Å². The van der Waals surface area contributed by atoms with Gasteiger partial charge >= 0.3 is 0 Å². The van der Waals surface area contributed by atoms with Crippen LogP contribution < -0.4 is 4.74 Å². The van der Waals surface area contributed by atoms with Gasteiger partial charge in [-0.3, -0.25) is 0 Å². The van der Waals surface area contributed by atoms with Gasteiger partial charge in [-0.2, -0.15) is 0 Å². The Balaban J connectivity index is 1.93. The van der Waals surface area contributed by atoms with Crippen molar-refractivity contribution in [3.8, 4) is 5.75 Å². The number of hydrogen-bond donors (Lipinski definition) is 0. The van der Waals surface area contributed by atoms with Gasteiger partial charge in [0, 0.05) is 0 Å². The van der Waals surface area contributed by atoms with E-state index in [0.717, 1.165) is 18.4 Å². The fraction of sp³-hybridized carbons (Fsp3) is 0.615. The SMILES string of the molecule is CCCCCCCC/C=C\CCCCCCCCc1ccccc1OC=C=O. The first-order valence-corrected chi connectivity index (χ1v) is 11.5. The van der Waals surface area contributed by atoms with Crippen molar-refractivity contribution in [2.75, 3.05) is 0 Å². The summed E-state index contributed by atoms with van der Waals surface area (Å²) in [5.41, 5.74) is 1.17. The molecule has 0 saturated heterocycles. The maximum Gasteiger partial charge on any atom is 0.174 e. The van der Waals surface area contributed by atoms with E-state index >= 15 is 0 Å². The fourth-order valence-corrected chi connectivity index (χ4v) is 3.48. The summed E-state index contributed by atoms with van der Waals surface area (Å²) in [6, 6.07) is 7.93. The molecule has 0 heterocycles. The quantitative estimate of drug-likeness (QED) is 0.111. The van der Waals surface area contributed by atoms with E-state index in [1.54, 1.807) is 5.94 Å². The summed E-state index contributed by atoms with van der Waals surface area (Å²) in [6.45, 7) is 2.27. The smallest absolute Gasteiger partial charge is 0.174 e. The monoisotopic (exact) mass is 384 g/mol. The maximum absolute atomic E-state index is 10.3. The van der Waals surface area contributed by atoms with Gasteiger partial charge in [0.05, 0.1) is 0 Å². The zero-order valence-electron chi connectivity index (χ0n) is 18.0. The molecule has 0 spiro atoms. The summed E-state index contributed by atoms with van der Waals surface area (Å²) in [6.07, 6.45) is 25.4. The van der Waals surface area contributed by atoms with Crippen LogP contribution in [0.25, 0.3) is 0 Å². The average Bonchev–Trinajstić information content (AvgIpc) is 2.72. The fourth-order valence-electron chi connectivity index (χ4n) is 3.48. The van der Waals surface area contributed by atoms with Gasteiger partial charge in [-0.05, 0) is 50.2 Å². The van der Waals surface area contributed by atoms with Gasteiger partial charge in [0.2, 0.25) is 0 Å². The van der Waals surface area contributed by atoms with Crippen LogP contribution in [0, 0.1) is 0 Å². The molecule has 0 saturated carbocycles. The molecule has 2 nitrogen and oxygen atoms in total. The Kier molecular flexibility index (Phi) is 16.1. The molecule has 0 N–H and O–H groups in total.